The first-order valence-corrected chi connectivity index (χ1v) is 8.06. The van der Waals surface area contributed by atoms with Gasteiger partial charge in [0.2, 0.25) is 5.89 Å². The first kappa shape index (κ1) is 12.8. The molecule has 3 aromatic rings. The number of aromatic nitrogens is 3. The van der Waals surface area contributed by atoms with Crippen molar-refractivity contribution in [2.75, 3.05) is 0 Å². The van der Waals surface area contributed by atoms with Gasteiger partial charge in [0.15, 0.2) is 4.34 Å². The molecule has 0 bridgehead atoms. The van der Waals surface area contributed by atoms with Crippen molar-refractivity contribution in [3.63, 3.8) is 0 Å². The van der Waals surface area contributed by atoms with Gasteiger partial charge >= 0.3 is 0 Å². The molecule has 2 aromatic heterocycles. The van der Waals surface area contributed by atoms with E-state index in [1.165, 1.54) is 11.3 Å². The molecule has 0 aliphatic rings. The van der Waals surface area contributed by atoms with Crippen LogP contribution in [0.15, 0.2) is 49.3 Å². The van der Waals surface area contributed by atoms with Gasteiger partial charge in [-0.1, -0.05) is 39.0 Å². The van der Waals surface area contributed by atoms with Crippen LogP contribution < -0.4 is 0 Å². The topological polar surface area (TPSA) is 51.8 Å². The molecule has 0 saturated carbocycles. The smallest absolute Gasteiger partial charge is 0.226 e. The summed E-state index contributed by atoms with van der Waals surface area (Å²) in [6, 6.07) is 7.87. The predicted molar refractivity (Wildman–Crippen MR) is 79.1 cm³/mol. The molecule has 0 N–H and O–H groups in total. The Labute approximate surface area is 126 Å². The van der Waals surface area contributed by atoms with Crippen LogP contribution in [0.2, 0.25) is 0 Å². The maximum Gasteiger partial charge on any atom is 0.226 e. The lowest BCUT2D eigenvalue weighted by Gasteiger charge is -1.94. The molecule has 0 radical (unpaired) electrons. The highest BCUT2D eigenvalue weighted by atomic mass is 79.9. The Morgan fingerprint density at radius 2 is 2.11 bits per heavy atom. The molecule has 3 rings (SSSR count). The normalized spacial score (nSPS) is 10.8. The molecule has 0 fully saturated rings. The second kappa shape index (κ2) is 5.85. The van der Waals surface area contributed by atoms with E-state index >= 15 is 0 Å². The third-order valence-electron chi connectivity index (χ3n) is 2.33. The second-order valence-corrected chi connectivity index (χ2v) is 6.62. The van der Waals surface area contributed by atoms with Crippen molar-refractivity contribution in [3.8, 4) is 11.5 Å². The Balaban J connectivity index is 1.70. The largest absolute Gasteiger partial charge is 0.444 e. The van der Waals surface area contributed by atoms with Crippen LogP contribution in [0.5, 0.6) is 0 Å². The predicted octanol–water partition coefficient (Wildman–Crippen LogP) is 4.25. The molecule has 7 heteroatoms. The lowest BCUT2D eigenvalue weighted by Crippen LogP contribution is -1.82. The van der Waals surface area contributed by atoms with Crippen molar-refractivity contribution in [3.05, 3.63) is 46.2 Å². The Morgan fingerprint density at radius 1 is 1.26 bits per heavy atom. The molecule has 0 aliphatic carbocycles. The third kappa shape index (κ3) is 3.23. The maximum atomic E-state index is 5.49. The summed E-state index contributed by atoms with van der Waals surface area (Å²) in [6.07, 6.45) is 1.69. The standard InChI is InChI=1S/C12H8BrN3OS2/c13-9-3-1-8(2-4-9)11-15-10(5-17-11)6-18-12-16-14-7-19-12/h1-5,7H,6H2. The molecule has 0 spiro atoms. The van der Waals surface area contributed by atoms with Crippen molar-refractivity contribution in [1.82, 2.24) is 15.2 Å². The van der Waals surface area contributed by atoms with Crippen molar-refractivity contribution in [2.45, 2.75) is 10.1 Å². The average Bonchev–Trinajstić information content (AvgIpc) is 3.09. The molecule has 4 nitrogen and oxygen atoms in total. The van der Waals surface area contributed by atoms with E-state index in [4.69, 9.17) is 4.42 Å². The number of benzene rings is 1. The van der Waals surface area contributed by atoms with Gasteiger partial charge in [0.05, 0.1) is 5.69 Å². The van der Waals surface area contributed by atoms with Crippen molar-refractivity contribution in [1.29, 1.82) is 0 Å². The summed E-state index contributed by atoms with van der Waals surface area (Å²) >= 11 is 6.53. The van der Waals surface area contributed by atoms with Gasteiger partial charge in [0, 0.05) is 15.8 Å². The number of halogens is 1. The van der Waals surface area contributed by atoms with Gasteiger partial charge in [-0.15, -0.1) is 10.2 Å². The number of hydrogen-bond donors (Lipinski definition) is 0. The fourth-order valence-corrected chi connectivity index (χ4v) is 3.09. The Kier molecular flexibility index (Phi) is 3.95. The van der Waals surface area contributed by atoms with Gasteiger partial charge in [-0.2, -0.15) is 0 Å². The summed E-state index contributed by atoms with van der Waals surface area (Å²) in [5.74, 6) is 1.37. The zero-order valence-corrected chi connectivity index (χ0v) is 12.8. The van der Waals surface area contributed by atoms with Crippen molar-refractivity contribution < 1.29 is 4.42 Å². The van der Waals surface area contributed by atoms with Crippen molar-refractivity contribution in [2.24, 2.45) is 0 Å². The van der Waals surface area contributed by atoms with Crippen LogP contribution in [0.1, 0.15) is 5.69 Å². The van der Waals surface area contributed by atoms with Crippen molar-refractivity contribution >= 4 is 39.0 Å². The third-order valence-corrected chi connectivity index (χ3v) is 4.75. The van der Waals surface area contributed by atoms with Crippen LogP contribution in [0.3, 0.4) is 0 Å². The van der Waals surface area contributed by atoms with Crippen LogP contribution in [-0.4, -0.2) is 15.2 Å². The summed E-state index contributed by atoms with van der Waals surface area (Å²) in [6.45, 7) is 0. The molecule has 0 atom stereocenters. The molecular formula is C12H8BrN3OS2. The molecule has 0 unspecified atom stereocenters. The van der Waals surface area contributed by atoms with Gasteiger partial charge in [-0.25, -0.2) is 4.98 Å². The zero-order valence-electron chi connectivity index (χ0n) is 9.62. The lowest BCUT2D eigenvalue weighted by molar-refractivity contribution is 0.573. The molecule has 0 amide bonds. The van der Waals surface area contributed by atoms with Gasteiger partial charge in [-0.05, 0) is 24.3 Å². The highest BCUT2D eigenvalue weighted by Crippen LogP contribution is 2.26. The minimum atomic E-state index is 0.639. The quantitative estimate of drug-likeness (QED) is 0.656. The highest BCUT2D eigenvalue weighted by molar-refractivity contribution is 9.10. The molecular weight excluding hydrogens is 346 g/mol. The van der Waals surface area contributed by atoms with E-state index in [-0.39, 0.29) is 0 Å². The van der Waals surface area contributed by atoms with Crippen LogP contribution in [0.25, 0.3) is 11.5 Å². The second-order valence-electron chi connectivity index (χ2n) is 3.64. The number of thioether (sulfide) groups is 1. The van der Waals surface area contributed by atoms with Gasteiger partial charge in [0.1, 0.15) is 11.8 Å². The maximum absolute atomic E-state index is 5.49. The van der Waals surface area contributed by atoms with Gasteiger partial charge in [-0.3, -0.25) is 0 Å². The minimum absolute atomic E-state index is 0.639. The average molecular weight is 354 g/mol. The summed E-state index contributed by atoms with van der Waals surface area (Å²) in [5.41, 5.74) is 3.59. The Hall–Kier alpha value is -1.18. The fraction of sp³-hybridized carbons (Fsp3) is 0.0833. The molecule has 19 heavy (non-hydrogen) atoms. The van der Waals surface area contributed by atoms with Gasteiger partial charge < -0.3 is 4.42 Å². The molecule has 96 valence electrons. The SMILES string of the molecule is Brc1ccc(-c2nc(CSc3nncs3)co2)cc1. The Bertz CT molecular complexity index is 652. The van der Waals surface area contributed by atoms with E-state index in [0.717, 1.165) is 25.8 Å². The monoisotopic (exact) mass is 353 g/mol. The van der Waals surface area contributed by atoms with Gasteiger partial charge in [0.25, 0.3) is 0 Å². The zero-order chi connectivity index (χ0) is 13.1. The van der Waals surface area contributed by atoms with Crippen LogP contribution >= 0.6 is 39.0 Å². The van der Waals surface area contributed by atoms with E-state index in [9.17, 15) is 0 Å². The van der Waals surface area contributed by atoms with E-state index < -0.39 is 0 Å². The molecule has 1 aromatic carbocycles. The van der Waals surface area contributed by atoms with Crippen LogP contribution in [0, 0.1) is 0 Å². The molecule has 0 saturated heterocycles. The Morgan fingerprint density at radius 3 is 2.84 bits per heavy atom. The van der Waals surface area contributed by atoms with E-state index in [2.05, 4.69) is 31.1 Å². The number of rotatable bonds is 4. The summed E-state index contributed by atoms with van der Waals surface area (Å²) < 4.78 is 7.46. The van der Waals surface area contributed by atoms with Crippen LogP contribution in [-0.2, 0) is 5.75 Å². The fourth-order valence-electron chi connectivity index (χ4n) is 1.46. The number of hydrogen-bond acceptors (Lipinski definition) is 6. The molecule has 2 heterocycles. The highest BCUT2D eigenvalue weighted by Gasteiger charge is 2.08. The minimum Gasteiger partial charge on any atom is -0.444 e. The van der Waals surface area contributed by atoms with E-state index in [0.29, 0.717) is 5.89 Å². The summed E-state index contributed by atoms with van der Waals surface area (Å²) in [5, 5.41) is 7.77. The molecule has 0 aliphatic heterocycles. The summed E-state index contributed by atoms with van der Waals surface area (Å²) in [7, 11) is 0. The number of nitrogens with zero attached hydrogens (tertiary/aromatic N) is 3. The first-order valence-electron chi connectivity index (χ1n) is 5.40. The summed E-state index contributed by atoms with van der Waals surface area (Å²) in [4.78, 5) is 4.46. The van der Waals surface area contributed by atoms with Crippen LogP contribution in [0.4, 0.5) is 0 Å². The van der Waals surface area contributed by atoms with E-state index in [1.54, 1.807) is 23.5 Å². The first-order chi connectivity index (χ1) is 9.31. The lowest BCUT2D eigenvalue weighted by atomic mass is 10.2. The van der Waals surface area contributed by atoms with E-state index in [1.807, 2.05) is 24.3 Å². The number of oxazole rings is 1.